The lowest BCUT2D eigenvalue weighted by Gasteiger charge is -2.36. The van der Waals surface area contributed by atoms with E-state index >= 15 is 0 Å². The topological polar surface area (TPSA) is 44.8 Å². The second-order valence-electron chi connectivity index (χ2n) is 5.69. The summed E-state index contributed by atoms with van der Waals surface area (Å²) in [5.74, 6) is 3.00. The zero-order chi connectivity index (χ0) is 15.4. The molecule has 0 spiro atoms. The fourth-order valence-electron chi connectivity index (χ4n) is 2.98. The molecule has 1 atom stereocenters. The minimum Gasteiger partial charge on any atom is -0.496 e. The molecule has 2 aliphatic rings. The molecule has 2 heterocycles. The Morgan fingerprint density at radius 1 is 1.25 bits per heavy atom. The number of thioether (sulfide) groups is 1. The van der Waals surface area contributed by atoms with Crippen molar-refractivity contribution in [2.75, 3.05) is 44.9 Å². The van der Waals surface area contributed by atoms with Crippen molar-refractivity contribution in [2.45, 2.75) is 12.6 Å². The average Bonchev–Trinajstić information content (AvgIpc) is 3.10. The molecule has 0 bridgehead atoms. The smallest absolute Gasteiger partial charge is 0.240 e. The van der Waals surface area contributed by atoms with Crippen LogP contribution in [0.5, 0.6) is 5.75 Å². The van der Waals surface area contributed by atoms with Crippen molar-refractivity contribution in [1.82, 2.24) is 15.1 Å². The van der Waals surface area contributed by atoms with E-state index in [0.717, 1.165) is 50.1 Å². The minimum atomic E-state index is 0. The van der Waals surface area contributed by atoms with E-state index < -0.39 is 0 Å². The van der Waals surface area contributed by atoms with Gasteiger partial charge in [0.1, 0.15) is 5.75 Å². The van der Waals surface area contributed by atoms with Gasteiger partial charge in [0.15, 0.2) is 0 Å². The van der Waals surface area contributed by atoms with Crippen molar-refractivity contribution in [2.24, 2.45) is 0 Å². The second kappa shape index (κ2) is 10.4. The zero-order valence-electron chi connectivity index (χ0n) is 13.8. The van der Waals surface area contributed by atoms with Gasteiger partial charge < -0.3 is 9.64 Å². The molecule has 0 radical (unpaired) electrons. The largest absolute Gasteiger partial charge is 0.496 e. The monoisotopic (exact) mass is 393 g/mol. The van der Waals surface area contributed by atoms with Crippen LogP contribution in [0.4, 0.5) is 0 Å². The number of hydrogen-bond donors (Lipinski definition) is 1. The quantitative estimate of drug-likeness (QED) is 0.845. The molecule has 5 nitrogen and oxygen atoms in total. The molecular formula is C16H25Cl2N3O2S. The van der Waals surface area contributed by atoms with E-state index in [9.17, 15) is 4.79 Å². The lowest BCUT2D eigenvalue weighted by Crippen LogP contribution is -2.53. The number of rotatable bonds is 4. The van der Waals surface area contributed by atoms with Crippen LogP contribution < -0.4 is 10.1 Å². The Bertz CT molecular complexity index is 522. The predicted octanol–water partition coefficient (Wildman–Crippen LogP) is 1.85. The lowest BCUT2D eigenvalue weighted by molar-refractivity contribution is -0.134. The Morgan fingerprint density at radius 3 is 2.58 bits per heavy atom. The van der Waals surface area contributed by atoms with E-state index in [1.807, 2.05) is 23.1 Å². The van der Waals surface area contributed by atoms with Crippen LogP contribution in [0.15, 0.2) is 24.3 Å². The van der Waals surface area contributed by atoms with Gasteiger partial charge in [0.05, 0.1) is 13.2 Å². The van der Waals surface area contributed by atoms with Crippen LogP contribution >= 0.6 is 36.6 Å². The molecule has 2 fully saturated rings. The maximum Gasteiger partial charge on any atom is 0.240 e. The molecule has 24 heavy (non-hydrogen) atoms. The fraction of sp³-hybridized carbons (Fsp3) is 0.562. The van der Waals surface area contributed by atoms with Crippen molar-refractivity contribution in [3.05, 3.63) is 29.8 Å². The van der Waals surface area contributed by atoms with Crippen LogP contribution in [0, 0.1) is 0 Å². The average molecular weight is 394 g/mol. The fourth-order valence-corrected chi connectivity index (χ4v) is 3.91. The summed E-state index contributed by atoms with van der Waals surface area (Å²) in [7, 11) is 1.71. The molecule has 1 aromatic carbocycles. The van der Waals surface area contributed by atoms with E-state index in [1.54, 1.807) is 18.9 Å². The van der Waals surface area contributed by atoms with Gasteiger partial charge >= 0.3 is 0 Å². The number of para-hydroxylation sites is 1. The third-order valence-electron chi connectivity index (χ3n) is 4.28. The number of carbonyl (C=O) groups excluding carboxylic acids is 1. The number of halogens is 2. The van der Waals surface area contributed by atoms with Gasteiger partial charge in [0.25, 0.3) is 0 Å². The van der Waals surface area contributed by atoms with E-state index in [0.29, 0.717) is 0 Å². The second-order valence-corrected chi connectivity index (χ2v) is 6.72. The predicted molar refractivity (Wildman–Crippen MR) is 104 cm³/mol. The Morgan fingerprint density at radius 2 is 1.96 bits per heavy atom. The van der Waals surface area contributed by atoms with Crippen LogP contribution in [0.2, 0.25) is 0 Å². The molecule has 2 aliphatic heterocycles. The molecule has 0 saturated carbocycles. The Kier molecular flexibility index (Phi) is 9.23. The summed E-state index contributed by atoms with van der Waals surface area (Å²) >= 11 is 1.80. The summed E-state index contributed by atoms with van der Waals surface area (Å²) in [6.07, 6.45) is 0. The van der Waals surface area contributed by atoms with Gasteiger partial charge in [0, 0.05) is 49.9 Å². The van der Waals surface area contributed by atoms with Crippen LogP contribution in [-0.4, -0.2) is 66.7 Å². The summed E-state index contributed by atoms with van der Waals surface area (Å²) < 4.78 is 5.41. The first-order valence-electron chi connectivity index (χ1n) is 7.72. The summed E-state index contributed by atoms with van der Waals surface area (Å²) in [4.78, 5) is 16.8. The van der Waals surface area contributed by atoms with Crippen molar-refractivity contribution >= 4 is 42.5 Å². The number of piperazine rings is 1. The van der Waals surface area contributed by atoms with Crippen LogP contribution in [-0.2, 0) is 11.3 Å². The number of benzene rings is 1. The molecule has 1 amide bonds. The maximum atomic E-state index is 12.4. The highest BCUT2D eigenvalue weighted by molar-refractivity contribution is 7.99. The SMILES string of the molecule is COc1ccccc1CN1CCN(C(=O)[C@H]2CSCN2)CC1.Cl.Cl. The normalized spacial score (nSPS) is 20.9. The molecule has 3 rings (SSSR count). The van der Waals surface area contributed by atoms with E-state index in [-0.39, 0.29) is 36.8 Å². The first-order chi connectivity index (χ1) is 10.8. The molecule has 0 aliphatic carbocycles. The standard InChI is InChI=1S/C16H23N3O2S.2ClH/c1-21-15-5-3-2-4-13(15)10-18-6-8-19(9-7-18)16(20)14-11-22-12-17-14;;/h2-5,14,17H,6-12H2,1H3;2*1H/t14-;;/m1../s1. The van der Waals surface area contributed by atoms with Crippen LogP contribution in [0.25, 0.3) is 0 Å². The number of carbonyl (C=O) groups is 1. The maximum absolute atomic E-state index is 12.4. The molecule has 8 heteroatoms. The van der Waals surface area contributed by atoms with Crippen LogP contribution in [0.3, 0.4) is 0 Å². The molecule has 0 unspecified atom stereocenters. The first-order valence-corrected chi connectivity index (χ1v) is 8.87. The number of methoxy groups -OCH3 is 1. The molecule has 0 aromatic heterocycles. The number of ether oxygens (including phenoxy) is 1. The van der Waals surface area contributed by atoms with Crippen molar-refractivity contribution < 1.29 is 9.53 Å². The highest BCUT2D eigenvalue weighted by Gasteiger charge is 2.29. The summed E-state index contributed by atoms with van der Waals surface area (Å²) in [6, 6.07) is 8.16. The molecule has 1 N–H and O–H groups in total. The van der Waals surface area contributed by atoms with Crippen molar-refractivity contribution in [3.8, 4) is 5.75 Å². The summed E-state index contributed by atoms with van der Waals surface area (Å²) in [5, 5.41) is 3.26. The third kappa shape index (κ3) is 5.17. The van der Waals surface area contributed by atoms with Gasteiger partial charge in [-0.1, -0.05) is 18.2 Å². The van der Waals surface area contributed by atoms with Gasteiger partial charge in [-0.05, 0) is 6.07 Å². The number of hydrogen-bond acceptors (Lipinski definition) is 5. The van der Waals surface area contributed by atoms with Gasteiger partial charge in [-0.3, -0.25) is 15.0 Å². The van der Waals surface area contributed by atoms with E-state index in [1.165, 1.54) is 5.56 Å². The van der Waals surface area contributed by atoms with Crippen LogP contribution in [0.1, 0.15) is 5.56 Å². The lowest BCUT2D eigenvalue weighted by atomic mass is 10.1. The molecule has 1 aromatic rings. The molecule has 2 saturated heterocycles. The first kappa shape index (κ1) is 21.4. The van der Waals surface area contributed by atoms with Gasteiger partial charge in [-0.25, -0.2) is 0 Å². The van der Waals surface area contributed by atoms with Gasteiger partial charge in [-0.2, -0.15) is 0 Å². The summed E-state index contributed by atoms with van der Waals surface area (Å²) in [6.45, 7) is 4.35. The third-order valence-corrected chi connectivity index (χ3v) is 5.22. The van der Waals surface area contributed by atoms with Crippen molar-refractivity contribution in [1.29, 1.82) is 0 Å². The molecular weight excluding hydrogens is 369 g/mol. The number of nitrogens with one attached hydrogen (secondary N) is 1. The van der Waals surface area contributed by atoms with Gasteiger partial charge in [-0.15, -0.1) is 36.6 Å². The minimum absolute atomic E-state index is 0. The highest BCUT2D eigenvalue weighted by atomic mass is 35.5. The Labute approximate surface area is 160 Å². The van der Waals surface area contributed by atoms with Gasteiger partial charge in [0.2, 0.25) is 5.91 Å². The zero-order valence-corrected chi connectivity index (χ0v) is 16.2. The van der Waals surface area contributed by atoms with Crippen molar-refractivity contribution in [3.63, 3.8) is 0 Å². The number of nitrogens with zero attached hydrogens (tertiary/aromatic N) is 2. The molecule has 136 valence electrons. The van der Waals surface area contributed by atoms with E-state index in [4.69, 9.17) is 4.74 Å². The van der Waals surface area contributed by atoms with E-state index in [2.05, 4.69) is 16.3 Å². The Balaban J connectivity index is 0.00000144. The summed E-state index contributed by atoms with van der Waals surface area (Å²) in [5.41, 5.74) is 1.21. The Hall–Kier alpha value is -0.660. The highest BCUT2D eigenvalue weighted by Crippen LogP contribution is 2.20. The number of amides is 1.